The second-order valence-corrected chi connectivity index (χ2v) is 14.7. The number of fused-ring (bicyclic) bond motifs is 9. The summed E-state index contributed by atoms with van der Waals surface area (Å²) in [5.41, 5.74) is 16.5. The van der Waals surface area contributed by atoms with Crippen molar-refractivity contribution in [3.63, 3.8) is 0 Å². The van der Waals surface area contributed by atoms with Gasteiger partial charge in [-0.2, -0.15) is 0 Å². The Kier molecular flexibility index (Phi) is 6.56. The Hall–Kier alpha value is -6.91. The second kappa shape index (κ2) is 11.5. The molecule has 7 aromatic carbocycles. The highest BCUT2D eigenvalue weighted by Crippen LogP contribution is 2.41. The van der Waals surface area contributed by atoms with E-state index in [1.165, 1.54) is 76.8 Å². The molecule has 0 radical (unpaired) electrons. The van der Waals surface area contributed by atoms with Gasteiger partial charge in [0.15, 0.2) is 0 Å². The molecule has 0 aliphatic carbocycles. The van der Waals surface area contributed by atoms with Crippen LogP contribution in [0.1, 0.15) is 16.7 Å². The summed E-state index contributed by atoms with van der Waals surface area (Å²) in [4.78, 5) is 4.87. The number of nitrogens with zero attached hydrogens (tertiary/aromatic N) is 4. The van der Waals surface area contributed by atoms with Gasteiger partial charge in [0.1, 0.15) is 5.65 Å². The van der Waals surface area contributed by atoms with Crippen LogP contribution in [0.15, 0.2) is 164 Å². The highest BCUT2D eigenvalue weighted by atomic mass is 15.0. The summed E-state index contributed by atoms with van der Waals surface area (Å²) >= 11 is 0. The van der Waals surface area contributed by atoms with Gasteiger partial charge in [0.05, 0.1) is 33.3 Å². The van der Waals surface area contributed by atoms with Crippen LogP contribution >= 0.6 is 0 Å². The first-order valence-electron chi connectivity index (χ1n) is 18.6. The van der Waals surface area contributed by atoms with Crippen molar-refractivity contribution in [2.45, 2.75) is 20.8 Å². The van der Waals surface area contributed by atoms with Gasteiger partial charge in [-0.15, -0.1) is 0 Å². The van der Waals surface area contributed by atoms with Crippen LogP contribution in [0.4, 0.5) is 0 Å². The number of pyridine rings is 1. The summed E-state index contributed by atoms with van der Waals surface area (Å²) < 4.78 is 7.16. The Morgan fingerprint density at radius 3 is 1.72 bits per heavy atom. The van der Waals surface area contributed by atoms with E-state index in [0.29, 0.717) is 0 Å². The molecule has 4 heteroatoms. The van der Waals surface area contributed by atoms with E-state index in [-0.39, 0.29) is 0 Å². The monoisotopic (exact) mass is 692 g/mol. The Morgan fingerprint density at radius 2 is 0.926 bits per heavy atom. The van der Waals surface area contributed by atoms with Gasteiger partial charge in [0.2, 0.25) is 0 Å². The lowest BCUT2D eigenvalue weighted by molar-refractivity contribution is 1.13. The number of aryl methyl sites for hydroxylation is 3. The first-order valence-corrected chi connectivity index (χ1v) is 18.6. The molecule has 0 atom stereocenters. The van der Waals surface area contributed by atoms with Crippen LogP contribution in [-0.4, -0.2) is 18.7 Å². The molecule has 256 valence electrons. The maximum absolute atomic E-state index is 4.87. The van der Waals surface area contributed by atoms with E-state index in [9.17, 15) is 0 Å². The molecule has 0 unspecified atom stereocenters. The predicted octanol–water partition coefficient (Wildman–Crippen LogP) is 13.0. The molecule has 0 saturated carbocycles. The Morgan fingerprint density at radius 1 is 0.370 bits per heavy atom. The van der Waals surface area contributed by atoms with Crippen LogP contribution in [0.5, 0.6) is 0 Å². The van der Waals surface area contributed by atoms with Gasteiger partial charge >= 0.3 is 0 Å². The van der Waals surface area contributed by atoms with E-state index in [4.69, 9.17) is 4.98 Å². The summed E-state index contributed by atoms with van der Waals surface area (Å²) in [5, 5.41) is 7.38. The average molecular weight is 693 g/mol. The zero-order valence-electron chi connectivity index (χ0n) is 30.4. The highest BCUT2D eigenvalue weighted by molar-refractivity contribution is 6.13. The molecule has 11 rings (SSSR count). The van der Waals surface area contributed by atoms with Crippen LogP contribution < -0.4 is 0 Å². The highest BCUT2D eigenvalue weighted by Gasteiger charge is 2.20. The van der Waals surface area contributed by atoms with Crippen LogP contribution in [0, 0.1) is 20.8 Å². The maximum Gasteiger partial charge on any atom is 0.145 e. The van der Waals surface area contributed by atoms with E-state index < -0.39 is 0 Å². The first kappa shape index (κ1) is 30.7. The summed E-state index contributed by atoms with van der Waals surface area (Å²) in [6.07, 6.45) is 1.89. The van der Waals surface area contributed by atoms with Crippen molar-refractivity contribution in [2.24, 2.45) is 0 Å². The molecular weight excluding hydrogens is 657 g/mol. The van der Waals surface area contributed by atoms with E-state index >= 15 is 0 Å². The number of benzene rings is 7. The fourth-order valence-corrected chi connectivity index (χ4v) is 8.77. The normalized spacial score (nSPS) is 12.0. The van der Waals surface area contributed by atoms with Crippen LogP contribution in [-0.2, 0) is 0 Å². The summed E-state index contributed by atoms with van der Waals surface area (Å²) in [6.45, 7) is 6.48. The lowest BCUT2D eigenvalue weighted by Gasteiger charge is -2.15. The van der Waals surface area contributed by atoms with E-state index in [2.05, 4.69) is 186 Å². The Labute approximate surface area is 312 Å². The third-order valence-corrected chi connectivity index (χ3v) is 11.3. The third-order valence-electron chi connectivity index (χ3n) is 11.3. The molecule has 0 aliphatic heterocycles. The standard InChI is InChI=1S/C50H36N4/c1-31-14-19-35(20-15-31)53-48-24-18-34(29-42(48)39-11-8-26-51-50(39)53)37-9-4-6-12-44(37)54-45-13-7-5-10-38(45)43-30-36(21-25-49(43)54)52-46-22-16-32(2)27-40(46)41-28-33(3)17-23-47(41)52/h4-30H,1-3H3. The average Bonchev–Trinajstić information content (AvgIpc) is 3.83. The van der Waals surface area contributed by atoms with Crippen molar-refractivity contribution >= 4 is 65.5 Å². The zero-order chi connectivity index (χ0) is 36.1. The maximum atomic E-state index is 4.87. The SMILES string of the molecule is Cc1ccc(-n2c3ccc(-c4ccccc4-n4c5ccccc5c5cc(-n6c7ccc(C)cc7c7cc(C)ccc76)ccc54)cc3c3cccnc32)cc1. The van der Waals surface area contributed by atoms with Crippen LogP contribution in [0.2, 0.25) is 0 Å². The lowest BCUT2D eigenvalue weighted by atomic mass is 10.0. The van der Waals surface area contributed by atoms with Gasteiger partial charge in [0, 0.05) is 55.5 Å². The van der Waals surface area contributed by atoms with Gasteiger partial charge in [-0.25, -0.2) is 4.98 Å². The molecule has 54 heavy (non-hydrogen) atoms. The predicted molar refractivity (Wildman–Crippen MR) is 227 cm³/mol. The van der Waals surface area contributed by atoms with Crippen molar-refractivity contribution in [3.05, 3.63) is 181 Å². The van der Waals surface area contributed by atoms with Crippen molar-refractivity contribution < 1.29 is 0 Å². The lowest BCUT2D eigenvalue weighted by Crippen LogP contribution is -1.98. The quantitative estimate of drug-likeness (QED) is 0.180. The van der Waals surface area contributed by atoms with Gasteiger partial charge in [-0.1, -0.05) is 83.4 Å². The van der Waals surface area contributed by atoms with Gasteiger partial charge in [0.25, 0.3) is 0 Å². The van der Waals surface area contributed by atoms with E-state index in [1.807, 2.05) is 12.3 Å². The molecule has 0 aliphatic rings. The van der Waals surface area contributed by atoms with Gasteiger partial charge in [-0.05, 0) is 117 Å². The number of aromatic nitrogens is 4. The summed E-state index contributed by atoms with van der Waals surface area (Å²) in [5.74, 6) is 0. The van der Waals surface area contributed by atoms with Gasteiger partial charge < -0.3 is 9.13 Å². The number of rotatable bonds is 4. The minimum Gasteiger partial charge on any atom is -0.309 e. The summed E-state index contributed by atoms with van der Waals surface area (Å²) in [6, 6.07) is 58.1. The fourth-order valence-electron chi connectivity index (χ4n) is 8.77. The number of hydrogen-bond donors (Lipinski definition) is 0. The number of hydrogen-bond acceptors (Lipinski definition) is 1. The minimum atomic E-state index is 0.966. The minimum absolute atomic E-state index is 0.966. The summed E-state index contributed by atoms with van der Waals surface area (Å²) in [7, 11) is 0. The van der Waals surface area contributed by atoms with E-state index in [0.717, 1.165) is 33.6 Å². The fraction of sp³-hybridized carbons (Fsp3) is 0.0600. The number of para-hydroxylation sites is 2. The smallest absolute Gasteiger partial charge is 0.145 e. The molecule has 4 nitrogen and oxygen atoms in total. The van der Waals surface area contributed by atoms with Crippen molar-refractivity contribution in [1.29, 1.82) is 0 Å². The van der Waals surface area contributed by atoms with Crippen molar-refractivity contribution in [3.8, 4) is 28.2 Å². The molecule has 4 heterocycles. The molecule has 0 N–H and O–H groups in total. The Balaban J connectivity index is 1.13. The van der Waals surface area contributed by atoms with Crippen LogP contribution in [0.3, 0.4) is 0 Å². The van der Waals surface area contributed by atoms with Crippen LogP contribution in [0.25, 0.3) is 93.7 Å². The Bertz CT molecular complexity index is 3240. The topological polar surface area (TPSA) is 27.7 Å². The molecule has 0 saturated heterocycles. The van der Waals surface area contributed by atoms with Crippen molar-refractivity contribution in [1.82, 2.24) is 18.7 Å². The molecule has 0 bridgehead atoms. The molecular formula is C50H36N4. The molecule has 0 spiro atoms. The molecule has 11 aromatic rings. The third kappa shape index (κ3) is 4.47. The first-order chi connectivity index (χ1) is 26.5. The van der Waals surface area contributed by atoms with Crippen molar-refractivity contribution in [2.75, 3.05) is 0 Å². The second-order valence-electron chi connectivity index (χ2n) is 14.7. The molecule has 0 fully saturated rings. The van der Waals surface area contributed by atoms with E-state index in [1.54, 1.807) is 0 Å². The van der Waals surface area contributed by atoms with Gasteiger partial charge in [-0.3, -0.25) is 4.57 Å². The zero-order valence-corrected chi connectivity index (χ0v) is 30.4. The molecule has 0 amide bonds. The largest absolute Gasteiger partial charge is 0.309 e. The molecule has 4 aromatic heterocycles.